The van der Waals surface area contributed by atoms with E-state index in [1.54, 1.807) is 0 Å². The third-order valence-electron chi connectivity index (χ3n) is 9.46. The lowest BCUT2D eigenvalue weighted by atomic mass is 10.1. The molecule has 50 heavy (non-hydrogen) atoms. The molecule has 0 N–H and O–H groups in total. The van der Waals surface area contributed by atoms with Crippen molar-refractivity contribution in [3.05, 3.63) is 161 Å². The molecule has 0 aliphatic carbocycles. The lowest BCUT2D eigenvalue weighted by Gasteiger charge is -2.31. The Morgan fingerprint density at radius 3 is 1.08 bits per heavy atom. The van der Waals surface area contributed by atoms with Crippen LogP contribution in [0.5, 0.6) is 0 Å². The molecule has 6 nitrogen and oxygen atoms in total. The monoisotopic (exact) mass is 708 g/mol. The quantitative estimate of drug-likeness (QED) is 0.156. The van der Waals surface area contributed by atoms with Crippen LogP contribution in [0.3, 0.4) is 0 Å². The van der Waals surface area contributed by atoms with Crippen molar-refractivity contribution < 1.29 is 0 Å². The molecule has 0 saturated heterocycles. The highest BCUT2D eigenvalue weighted by Crippen LogP contribution is 2.32. The van der Waals surface area contributed by atoms with Crippen LogP contribution in [0, 0.1) is 0 Å². The van der Waals surface area contributed by atoms with Crippen LogP contribution in [0.4, 0.5) is 0 Å². The number of hydrogen-bond acceptors (Lipinski definition) is 6. The van der Waals surface area contributed by atoms with Crippen LogP contribution in [0.2, 0.25) is 0 Å². The summed E-state index contributed by atoms with van der Waals surface area (Å²) in [6.07, 6.45) is 6.14. The first-order chi connectivity index (χ1) is 24.6. The largest absolute Gasteiger partial charge is 0.245 e. The summed E-state index contributed by atoms with van der Waals surface area (Å²) in [6, 6.07) is 40.0. The van der Waals surface area contributed by atoms with Gasteiger partial charge in [0.25, 0.3) is 0 Å². The highest BCUT2D eigenvalue weighted by molar-refractivity contribution is 7.98. The molecule has 16 bridgehead atoms. The number of thioether (sulfide) groups is 3. The van der Waals surface area contributed by atoms with E-state index in [1.165, 1.54) is 33.4 Å². The highest BCUT2D eigenvalue weighted by atomic mass is 32.2. The van der Waals surface area contributed by atoms with Crippen LogP contribution in [-0.2, 0) is 40.3 Å². The van der Waals surface area contributed by atoms with Crippen LogP contribution < -0.4 is 0 Å². The minimum atomic E-state index is -0.900. The molecule has 4 aromatic carbocycles. The van der Waals surface area contributed by atoms with E-state index in [9.17, 15) is 0 Å². The van der Waals surface area contributed by atoms with Gasteiger partial charge in [-0.3, -0.25) is 0 Å². The van der Waals surface area contributed by atoms with E-state index in [4.69, 9.17) is 15.3 Å². The molecule has 7 aromatic rings. The number of rotatable bonds is 0. The fourth-order valence-electron chi connectivity index (χ4n) is 6.87. The van der Waals surface area contributed by atoms with Gasteiger partial charge in [-0.15, -0.1) is 0 Å². The van der Waals surface area contributed by atoms with E-state index < -0.39 is 5.79 Å². The van der Waals surface area contributed by atoms with Gasteiger partial charge in [-0.25, -0.2) is 14.0 Å². The summed E-state index contributed by atoms with van der Waals surface area (Å²) in [5.74, 6) is 4.85. The normalized spacial score (nSPS) is 15.5. The van der Waals surface area contributed by atoms with Gasteiger partial charge < -0.3 is 0 Å². The van der Waals surface area contributed by atoms with Gasteiger partial charge in [0.2, 0.25) is 5.79 Å². The van der Waals surface area contributed by atoms with E-state index >= 15 is 0 Å². The van der Waals surface area contributed by atoms with E-state index in [0.717, 1.165) is 68.3 Å². The first-order valence-electron chi connectivity index (χ1n) is 16.9. The van der Waals surface area contributed by atoms with Crippen molar-refractivity contribution in [3.63, 3.8) is 0 Å². The topological polar surface area (TPSA) is 53.5 Å². The second-order valence-corrected chi connectivity index (χ2v) is 16.1. The third-order valence-corrected chi connectivity index (χ3v) is 12.7. The molecule has 0 radical (unpaired) electrons. The predicted molar refractivity (Wildman–Crippen MR) is 209 cm³/mol. The van der Waals surface area contributed by atoms with Crippen molar-refractivity contribution in [2.75, 3.05) is 0 Å². The Bertz CT molecular complexity index is 2050. The molecular formula is C41H36N6S3. The summed E-state index contributed by atoms with van der Waals surface area (Å²) in [6.45, 7) is 2.13. The first kappa shape index (κ1) is 31.5. The molecule has 3 aliphatic heterocycles. The van der Waals surface area contributed by atoms with E-state index in [-0.39, 0.29) is 0 Å². The number of aromatic nitrogens is 6. The van der Waals surface area contributed by atoms with Crippen LogP contribution in [0.25, 0.3) is 33.8 Å². The SMILES string of the molecule is CC12n3ccc(n3)-c3cccc(c3)CSCc3cc(cc(c3)CSCc3cccc(c3)-c3ccn1n3)CSCc1cccc(c1)-c1ccn2n1. The Kier molecular flexibility index (Phi) is 8.42. The molecule has 0 amide bonds. The highest BCUT2D eigenvalue weighted by Gasteiger charge is 2.34. The van der Waals surface area contributed by atoms with Crippen molar-refractivity contribution in [2.45, 2.75) is 47.2 Å². The third kappa shape index (κ3) is 6.23. The van der Waals surface area contributed by atoms with Crippen molar-refractivity contribution in [2.24, 2.45) is 0 Å². The maximum atomic E-state index is 5.21. The molecule has 3 aliphatic rings. The van der Waals surface area contributed by atoms with Crippen LogP contribution in [0.15, 0.2) is 128 Å². The summed E-state index contributed by atoms with van der Waals surface area (Å²) >= 11 is 5.93. The summed E-state index contributed by atoms with van der Waals surface area (Å²) in [5, 5.41) is 15.6. The maximum absolute atomic E-state index is 5.21. The molecule has 9 heteroatoms. The fourth-order valence-corrected chi connectivity index (χ4v) is 9.63. The van der Waals surface area contributed by atoms with E-state index in [1.807, 2.05) is 67.9 Å². The Balaban J connectivity index is 1.24. The average Bonchev–Trinajstić information content (AvgIpc) is 3.94. The fraction of sp³-hybridized carbons (Fsp3) is 0.195. The van der Waals surface area contributed by atoms with Gasteiger partial charge in [0.15, 0.2) is 0 Å². The Morgan fingerprint density at radius 2 is 0.740 bits per heavy atom. The molecule has 0 unspecified atom stereocenters. The zero-order valence-corrected chi connectivity index (χ0v) is 30.2. The number of fused-ring (bicyclic) bond motifs is 6. The molecule has 3 aromatic heterocycles. The summed E-state index contributed by atoms with van der Waals surface area (Å²) in [7, 11) is 0. The lowest BCUT2D eigenvalue weighted by Crippen LogP contribution is -2.46. The van der Waals surface area contributed by atoms with Crippen molar-refractivity contribution in [1.82, 2.24) is 29.3 Å². The molecular weight excluding hydrogens is 673 g/mol. The molecule has 10 rings (SSSR count). The van der Waals surface area contributed by atoms with Gasteiger partial charge in [0.1, 0.15) is 0 Å². The Labute approximate surface area is 305 Å². The van der Waals surface area contributed by atoms with Gasteiger partial charge in [-0.1, -0.05) is 72.8 Å². The van der Waals surface area contributed by atoms with Crippen LogP contribution in [-0.4, -0.2) is 29.3 Å². The minimum absolute atomic E-state index is 0.900. The first-order valence-corrected chi connectivity index (χ1v) is 20.3. The van der Waals surface area contributed by atoms with Crippen LogP contribution in [0.1, 0.15) is 40.3 Å². The molecule has 0 spiro atoms. The Morgan fingerprint density at radius 1 is 0.420 bits per heavy atom. The average molecular weight is 709 g/mol. The standard InChI is InChI=1S/C41H36N6S3/c1-41-45-14-11-38(42-45)35-8-2-5-29(20-35)23-48-26-32-17-33(27-49-24-30-6-3-9-36(21-30)39-12-15-46(41)43-39)19-34(18-32)28-50-25-31-7-4-10-37(22-31)40-13-16-47(41)44-40/h2-22H,23-28H2,1H3. The maximum Gasteiger partial charge on any atom is 0.245 e. The lowest BCUT2D eigenvalue weighted by molar-refractivity contribution is 0.142. The second kappa shape index (κ2) is 13.4. The van der Waals surface area contributed by atoms with E-state index in [0.29, 0.717) is 0 Å². The van der Waals surface area contributed by atoms with Crippen LogP contribution >= 0.6 is 35.3 Å². The van der Waals surface area contributed by atoms with E-state index in [2.05, 4.69) is 116 Å². The summed E-state index contributed by atoms with van der Waals surface area (Å²) in [4.78, 5) is 0. The zero-order chi connectivity index (χ0) is 33.5. The molecule has 0 fully saturated rings. The van der Waals surface area contributed by atoms with Gasteiger partial charge in [0.05, 0.1) is 17.1 Å². The molecule has 0 atom stereocenters. The second-order valence-electron chi connectivity index (χ2n) is 13.1. The predicted octanol–water partition coefficient (Wildman–Crippen LogP) is 9.93. The van der Waals surface area contributed by atoms with Gasteiger partial charge in [-0.05, 0) is 69.8 Å². The smallest absolute Gasteiger partial charge is 0.224 e. The molecule has 248 valence electrons. The molecule has 6 heterocycles. The number of hydrogen-bond donors (Lipinski definition) is 0. The van der Waals surface area contributed by atoms with Crippen molar-refractivity contribution >= 4 is 35.3 Å². The van der Waals surface area contributed by atoms with Crippen molar-refractivity contribution in [1.29, 1.82) is 0 Å². The Hall–Kier alpha value is -4.44. The summed E-state index contributed by atoms with van der Waals surface area (Å²) in [5.41, 5.74) is 14.1. The minimum Gasteiger partial charge on any atom is -0.224 e. The summed E-state index contributed by atoms with van der Waals surface area (Å²) < 4.78 is 5.96. The zero-order valence-electron chi connectivity index (χ0n) is 27.8. The van der Waals surface area contributed by atoms with Gasteiger partial charge in [-0.2, -0.15) is 50.6 Å². The number of nitrogens with zero attached hydrogens (tertiary/aromatic N) is 6. The number of benzene rings is 4. The van der Waals surface area contributed by atoms with Gasteiger partial charge >= 0.3 is 0 Å². The van der Waals surface area contributed by atoms with Crippen molar-refractivity contribution in [3.8, 4) is 33.8 Å². The van der Waals surface area contributed by atoms with Gasteiger partial charge in [0, 0.05) is 76.7 Å². The molecule has 0 saturated carbocycles.